The second kappa shape index (κ2) is 5.54. The maximum atomic E-state index is 12.7. The highest BCUT2D eigenvalue weighted by Crippen LogP contribution is 2.29. The number of ether oxygens (including phenoxy) is 1. The minimum Gasteiger partial charge on any atom is -0.443 e. The molecule has 0 aliphatic carbocycles. The van der Waals surface area contributed by atoms with Gasteiger partial charge in [-0.25, -0.2) is 9.36 Å². The van der Waals surface area contributed by atoms with E-state index in [1.807, 2.05) is 70.2 Å². The summed E-state index contributed by atoms with van der Waals surface area (Å²) in [6.45, 7) is 7.53. The van der Waals surface area contributed by atoms with Crippen molar-refractivity contribution < 1.29 is 9.53 Å². The van der Waals surface area contributed by atoms with Gasteiger partial charge in [-0.2, -0.15) is 0 Å². The first kappa shape index (κ1) is 15.3. The van der Waals surface area contributed by atoms with E-state index in [2.05, 4.69) is 4.98 Å². The van der Waals surface area contributed by atoms with Crippen LogP contribution in [-0.4, -0.2) is 21.2 Å². The number of para-hydroxylation sites is 1. The molecule has 23 heavy (non-hydrogen) atoms. The SMILES string of the molecule is Cc1ccc(-c2cc3ccccc3n2C(=O)OC(C)(C)C)cn1. The maximum Gasteiger partial charge on any atom is 0.419 e. The van der Waals surface area contributed by atoms with Gasteiger partial charge in [-0.1, -0.05) is 18.2 Å². The summed E-state index contributed by atoms with van der Waals surface area (Å²) >= 11 is 0. The van der Waals surface area contributed by atoms with Crippen molar-refractivity contribution in [3.8, 4) is 11.3 Å². The van der Waals surface area contributed by atoms with Gasteiger partial charge in [-0.3, -0.25) is 4.98 Å². The number of hydrogen-bond donors (Lipinski definition) is 0. The molecule has 0 bridgehead atoms. The van der Waals surface area contributed by atoms with Crippen LogP contribution >= 0.6 is 0 Å². The summed E-state index contributed by atoms with van der Waals surface area (Å²) in [4.78, 5) is 17.1. The Labute approximate surface area is 135 Å². The number of aryl methyl sites for hydroxylation is 1. The van der Waals surface area contributed by atoms with Crippen LogP contribution in [0.4, 0.5) is 4.79 Å². The van der Waals surface area contributed by atoms with Gasteiger partial charge < -0.3 is 4.74 Å². The molecule has 0 N–H and O–H groups in total. The number of carbonyl (C=O) groups excluding carboxylic acids is 1. The smallest absolute Gasteiger partial charge is 0.419 e. The fraction of sp³-hybridized carbons (Fsp3) is 0.263. The molecule has 3 aromatic rings. The highest BCUT2D eigenvalue weighted by molar-refractivity contribution is 5.96. The second-order valence-corrected chi connectivity index (χ2v) is 6.59. The molecular formula is C19H20N2O2. The van der Waals surface area contributed by atoms with Crippen molar-refractivity contribution in [2.24, 2.45) is 0 Å². The zero-order valence-corrected chi connectivity index (χ0v) is 13.8. The molecule has 4 heteroatoms. The Morgan fingerprint density at radius 2 is 1.87 bits per heavy atom. The molecule has 0 aliphatic heterocycles. The lowest BCUT2D eigenvalue weighted by Crippen LogP contribution is -2.27. The molecule has 1 aromatic carbocycles. The molecule has 0 atom stereocenters. The summed E-state index contributed by atoms with van der Waals surface area (Å²) < 4.78 is 7.20. The van der Waals surface area contributed by atoms with E-state index in [0.717, 1.165) is 27.9 Å². The molecule has 0 unspecified atom stereocenters. The minimum absolute atomic E-state index is 0.380. The number of benzene rings is 1. The molecular weight excluding hydrogens is 288 g/mol. The number of pyridine rings is 1. The second-order valence-electron chi connectivity index (χ2n) is 6.59. The van der Waals surface area contributed by atoms with Gasteiger partial charge in [-0.15, -0.1) is 0 Å². The zero-order chi connectivity index (χ0) is 16.6. The van der Waals surface area contributed by atoms with Crippen LogP contribution in [0.2, 0.25) is 0 Å². The first-order valence-electron chi connectivity index (χ1n) is 7.62. The van der Waals surface area contributed by atoms with E-state index in [1.54, 1.807) is 10.8 Å². The van der Waals surface area contributed by atoms with Crippen LogP contribution in [0.1, 0.15) is 26.5 Å². The molecule has 118 valence electrons. The zero-order valence-electron chi connectivity index (χ0n) is 13.8. The lowest BCUT2D eigenvalue weighted by Gasteiger charge is -2.21. The Morgan fingerprint density at radius 3 is 2.52 bits per heavy atom. The Kier molecular flexibility index (Phi) is 3.68. The van der Waals surface area contributed by atoms with E-state index in [1.165, 1.54) is 0 Å². The average molecular weight is 308 g/mol. The predicted octanol–water partition coefficient (Wildman–Crippen LogP) is 4.79. The van der Waals surface area contributed by atoms with Crippen molar-refractivity contribution in [3.05, 3.63) is 54.4 Å². The molecule has 0 saturated carbocycles. The average Bonchev–Trinajstić information content (AvgIpc) is 2.85. The van der Waals surface area contributed by atoms with Crippen LogP contribution in [0, 0.1) is 6.92 Å². The molecule has 2 aromatic heterocycles. The number of fused-ring (bicyclic) bond motifs is 1. The van der Waals surface area contributed by atoms with Crippen LogP contribution in [0.25, 0.3) is 22.2 Å². The van der Waals surface area contributed by atoms with E-state index in [4.69, 9.17) is 4.74 Å². The third kappa shape index (κ3) is 3.11. The number of hydrogen-bond acceptors (Lipinski definition) is 3. The molecule has 0 radical (unpaired) electrons. The summed E-state index contributed by atoms with van der Waals surface area (Å²) in [7, 11) is 0. The van der Waals surface area contributed by atoms with Crippen molar-refractivity contribution >= 4 is 17.0 Å². The molecule has 0 fully saturated rings. The van der Waals surface area contributed by atoms with Gasteiger partial charge in [0.2, 0.25) is 0 Å². The summed E-state index contributed by atoms with van der Waals surface area (Å²) in [5, 5.41) is 0.994. The molecule has 4 nitrogen and oxygen atoms in total. The summed E-state index contributed by atoms with van der Waals surface area (Å²) in [5.74, 6) is 0. The van der Waals surface area contributed by atoms with E-state index < -0.39 is 5.60 Å². The van der Waals surface area contributed by atoms with Gasteiger partial charge in [0, 0.05) is 22.8 Å². The van der Waals surface area contributed by atoms with Gasteiger partial charge in [0.05, 0.1) is 11.2 Å². The van der Waals surface area contributed by atoms with Crippen LogP contribution in [0.3, 0.4) is 0 Å². The van der Waals surface area contributed by atoms with Crippen LogP contribution in [0.5, 0.6) is 0 Å². The van der Waals surface area contributed by atoms with E-state index in [0.29, 0.717) is 0 Å². The van der Waals surface area contributed by atoms with Crippen LogP contribution in [-0.2, 0) is 4.74 Å². The molecule has 0 aliphatic rings. The Hall–Kier alpha value is -2.62. The lowest BCUT2D eigenvalue weighted by atomic mass is 10.2. The van der Waals surface area contributed by atoms with Crippen LogP contribution in [0.15, 0.2) is 48.7 Å². The van der Waals surface area contributed by atoms with Crippen LogP contribution < -0.4 is 0 Å². The van der Waals surface area contributed by atoms with Gasteiger partial charge in [0.15, 0.2) is 0 Å². The Morgan fingerprint density at radius 1 is 1.13 bits per heavy atom. The predicted molar refractivity (Wildman–Crippen MR) is 91.5 cm³/mol. The highest BCUT2D eigenvalue weighted by atomic mass is 16.6. The van der Waals surface area contributed by atoms with Crippen molar-refractivity contribution in [2.45, 2.75) is 33.3 Å². The minimum atomic E-state index is -0.550. The standard InChI is InChI=1S/C19H20N2O2/c1-13-9-10-15(12-20-13)17-11-14-7-5-6-8-16(14)21(17)18(22)23-19(2,3)4/h5-12H,1-4H3. The summed E-state index contributed by atoms with van der Waals surface area (Å²) in [6, 6.07) is 13.7. The fourth-order valence-corrected chi connectivity index (χ4v) is 2.49. The van der Waals surface area contributed by atoms with E-state index in [9.17, 15) is 4.79 Å². The summed E-state index contributed by atoms with van der Waals surface area (Å²) in [6.07, 6.45) is 1.40. The molecule has 0 amide bonds. The largest absolute Gasteiger partial charge is 0.443 e. The summed E-state index contributed by atoms with van der Waals surface area (Å²) in [5.41, 5.74) is 2.89. The third-order valence-corrected chi connectivity index (χ3v) is 3.49. The molecule has 3 rings (SSSR count). The third-order valence-electron chi connectivity index (χ3n) is 3.49. The maximum absolute atomic E-state index is 12.7. The normalized spacial score (nSPS) is 11.7. The van der Waals surface area contributed by atoms with Crippen molar-refractivity contribution in [3.63, 3.8) is 0 Å². The van der Waals surface area contributed by atoms with Crippen molar-refractivity contribution in [1.29, 1.82) is 0 Å². The highest BCUT2D eigenvalue weighted by Gasteiger charge is 2.22. The first-order chi connectivity index (χ1) is 10.8. The number of aromatic nitrogens is 2. The van der Waals surface area contributed by atoms with Crippen molar-refractivity contribution in [2.75, 3.05) is 0 Å². The topological polar surface area (TPSA) is 44.1 Å². The molecule has 2 heterocycles. The number of rotatable bonds is 1. The molecule has 0 saturated heterocycles. The Bertz CT molecular complexity index is 855. The fourth-order valence-electron chi connectivity index (χ4n) is 2.49. The van der Waals surface area contributed by atoms with Crippen molar-refractivity contribution in [1.82, 2.24) is 9.55 Å². The monoisotopic (exact) mass is 308 g/mol. The van der Waals surface area contributed by atoms with Gasteiger partial charge in [0.25, 0.3) is 0 Å². The Balaban J connectivity index is 2.19. The molecule has 0 spiro atoms. The van der Waals surface area contributed by atoms with E-state index in [-0.39, 0.29) is 6.09 Å². The van der Waals surface area contributed by atoms with Gasteiger partial charge in [-0.05, 0) is 52.0 Å². The quantitative estimate of drug-likeness (QED) is 0.649. The van der Waals surface area contributed by atoms with Gasteiger partial charge in [0.1, 0.15) is 5.60 Å². The lowest BCUT2D eigenvalue weighted by molar-refractivity contribution is 0.0547. The van der Waals surface area contributed by atoms with Gasteiger partial charge >= 0.3 is 6.09 Å². The number of nitrogens with zero attached hydrogens (tertiary/aromatic N) is 2. The number of carbonyl (C=O) groups is 1. The van der Waals surface area contributed by atoms with E-state index >= 15 is 0 Å². The first-order valence-corrected chi connectivity index (χ1v) is 7.62.